The number of hydrogen-bond donors (Lipinski definition) is 3. The molecule has 2 heterocycles. The smallest absolute Gasteiger partial charge is 0.251 e. The third-order valence-electron chi connectivity index (χ3n) is 6.50. The summed E-state index contributed by atoms with van der Waals surface area (Å²) in [6.45, 7) is 6.37. The second-order valence-electron chi connectivity index (χ2n) is 8.95. The zero-order valence-electron chi connectivity index (χ0n) is 20.4. The number of nitrogens with zero attached hydrogens (tertiary/aromatic N) is 2. The number of carbonyl (C=O) groups excluding carboxylic acids is 1. The van der Waals surface area contributed by atoms with Crippen LogP contribution in [0.4, 0.5) is 5.69 Å². The highest BCUT2D eigenvalue weighted by molar-refractivity contribution is 8.00. The van der Waals surface area contributed by atoms with Crippen LogP contribution in [0.15, 0.2) is 48.7 Å². The van der Waals surface area contributed by atoms with Crippen LogP contribution in [-0.4, -0.2) is 53.6 Å². The molecule has 1 aliphatic rings. The quantitative estimate of drug-likeness (QED) is 0.302. The molecule has 7 heteroatoms. The molecule has 2 aromatic carbocycles. The van der Waals surface area contributed by atoms with Gasteiger partial charge in [0.2, 0.25) is 0 Å². The number of aryl methyl sites for hydroxylation is 2. The van der Waals surface area contributed by atoms with E-state index in [0.29, 0.717) is 18.5 Å². The normalized spacial score (nSPS) is 15.2. The van der Waals surface area contributed by atoms with Crippen molar-refractivity contribution in [3.8, 4) is 0 Å². The SMILES string of the molecule is CCCNC[C@@H](O)[C@H](Cc1ccccc1)NC(=O)c1cc2c3c(cn(CC)c3c1)CCSN2C. The Hall–Kier alpha value is -2.48. The second-order valence-corrected chi connectivity index (χ2v) is 10.2. The maximum Gasteiger partial charge on any atom is 0.251 e. The van der Waals surface area contributed by atoms with Gasteiger partial charge in [0.15, 0.2) is 0 Å². The Balaban J connectivity index is 1.63. The molecule has 0 radical (unpaired) electrons. The van der Waals surface area contributed by atoms with Crippen molar-refractivity contribution < 1.29 is 9.90 Å². The van der Waals surface area contributed by atoms with Crippen LogP contribution in [0.25, 0.3) is 10.9 Å². The highest BCUT2D eigenvalue weighted by atomic mass is 32.2. The number of anilines is 1. The van der Waals surface area contributed by atoms with E-state index in [1.54, 1.807) is 11.9 Å². The molecule has 6 nitrogen and oxygen atoms in total. The molecule has 0 unspecified atom stereocenters. The first-order chi connectivity index (χ1) is 16.5. The number of aliphatic hydroxyl groups excluding tert-OH is 1. The fourth-order valence-corrected chi connectivity index (χ4v) is 5.52. The molecule has 2 atom stereocenters. The largest absolute Gasteiger partial charge is 0.390 e. The zero-order valence-corrected chi connectivity index (χ0v) is 21.2. The summed E-state index contributed by atoms with van der Waals surface area (Å²) in [6, 6.07) is 13.6. The number of carbonyl (C=O) groups is 1. The molecular weight excluding hydrogens is 444 g/mol. The van der Waals surface area contributed by atoms with Gasteiger partial charge in [-0.2, -0.15) is 0 Å². The Bertz CT molecular complexity index is 1110. The molecule has 3 N–H and O–H groups in total. The molecule has 0 bridgehead atoms. The molecule has 34 heavy (non-hydrogen) atoms. The van der Waals surface area contributed by atoms with Crippen molar-refractivity contribution >= 4 is 34.4 Å². The first kappa shape index (κ1) is 24.6. The molecule has 182 valence electrons. The average Bonchev–Trinajstić information content (AvgIpc) is 3.12. The van der Waals surface area contributed by atoms with Crippen molar-refractivity contribution in [1.82, 2.24) is 15.2 Å². The molecular formula is C27H36N4O2S. The van der Waals surface area contributed by atoms with Crippen LogP contribution in [0.2, 0.25) is 0 Å². The van der Waals surface area contributed by atoms with Crippen LogP contribution >= 0.6 is 11.9 Å². The first-order valence-electron chi connectivity index (χ1n) is 12.3. The first-order valence-corrected chi connectivity index (χ1v) is 13.2. The number of aromatic nitrogens is 1. The summed E-state index contributed by atoms with van der Waals surface area (Å²) in [7, 11) is 2.07. The van der Waals surface area contributed by atoms with Crippen LogP contribution in [-0.2, 0) is 19.4 Å². The third kappa shape index (κ3) is 5.43. The molecule has 1 aromatic heterocycles. The van der Waals surface area contributed by atoms with Crippen molar-refractivity contribution in [2.24, 2.45) is 0 Å². The van der Waals surface area contributed by atoms with E-state index < -0.39 is 12.1 Å². The van der Waals surface area contributed by atoms with Crippen LogP contribution in [0, 0.1) is 0 Å². The lowest BCUT2D eigenvalue weighted by Crippen LogP contribution is -2.48. The van der Waals surface area contributed by atoms with Gasteiger partial charge in [0.05, 0.1) is 23.3 Å². The van der Waals surface area contributed by atoms with Gasteiger partial charge in [0.1, 0.15) is 0 Å². The van der Waals surface area contributed by atoms with Gasteiger partial charge in [0, 0.05) is 43.0 Å². The summed E-state index contributed by atoms with van der Waals surface area (Å²) in [4.78, 5) is 13.5. The summed E-state index contributed by atoms with van der Waals surface area (Å²) in [6.07, 6.45) is 4.13. The lowest BCUT2D eigenvalue weighted by Gasteiger charge is -2.25. The summed E-state index contributed by atoms with van der Waals surface area (Å²) in [5, 5.41) is 18.6. The van der Waals surface area contributed by atoms with Crippen molar-refractivity contribution in [1.29, 1.82) is 0 Å². The Morgan fingerprint density at radius 3 is 2.74 bits per heavy atom. The number of benzene rings is 2. The van der Waals surface area contributed by atoms with Crippen molar-refractivity contribution in [3.63, 3.8) is 0 Å². The van der Waals surface area contributed by atoms with E-state index in [1.165, 1.54) is 10.9 Å². The van der Waals surface area contributed by atoms with Gasteiger partial charge < -0.3 is 24.6 Å². The molecule has 0 fully saturated rings. The van der Waals surface area contributed by atoms with Crippen molar-refractivity contribution in [2.75, 3.05) is 30.2 Å². The fourth-order valence-electron chi connectivity index (χ4n) is 4.65. The van der Waals surface area contributed by atoms with Crippen molar-refractivity contribution in [2.45, 2.75) is 51.8 Å². The Kier molecular flexibility index (Phi) is 8.19. The minimum absolute atomic E-state index is 0.151. The maximum absolute atomic E-state index is 13.5. The molecule has 1 aliphatic heterocycles. The van der Waals surface area contributed by atoms with Crippen LogP contribution in [0.1, 0.15) is 41.8 Å². The van der Waals surface area contributed by atoms with Crippen LogP contribution < -0.4 is 14.9 Å². The zero-order chi connectivity index (χ0) is 24.1. The maximum atomic E-state index is 13.5. The molecule has 0 aliphatic carbocycles. The van der Waals surface area contributed by atoms with Gasteiger partial charge in [-0.15, -0.1) is 0 Å². The van der Waals surface area contributed by atoms with Gasteiger partial charge in [-0.3, -0.25) is 4.79 Å². The number of nitrogens with one attached hydrogen (secondary N) is 2. The minimum atomic E-state index is -0.690. The summed E-state index contributed by atoms with van der Waals surface area (Å²) >= 11 is 1.78. The number of aliphatic hydroxyl groups is 1. The number of rotatable bonds is 10. The van der Waals surface area contributed by atoms with E-state index >= 15 is 0 Å². The molecule has 0 saturated heterocycles. The van der Waals surface area contributed by atoms with E-state index in [2.05, 4.69) is 46.6 Å². The van der Waals surface area contributed by atoms with E-state index in [-0.39, 0.29) is 5.91 Å². The van der Waals surface area contributed by atoms with Gasteiger partial charge in [-0.05, 0) is 67.9 Å². The van der Waals surface area contributed by atoms with E-state index in [1.807, 2.05) is 42.5 Å². The second kappa shape index (κ2) is 11.3. The molecule has 0 saturated carbocycles. The lowest BCUT2D eigenvalue weighted by atomic mass is 10.00. The molecule has 3 aromatic rings. The highest BCUT2D eigenvalue weighted by Gasteiger charge is 2.25. The predicted octanol–water partition coefficient (Wildman–Crippen LogP) is 4.00. The Labute approximate surface area is 206 Å². The molecule has 4 rings (SSSR count). The van der Waals surface area contributed by atoms with E-state index in [0.717, 1.165) is 48.5 Å². The highest BCUT2D eigenvalue weighted by Crippen LogP contribution is 2.38. The Morgan fingerprint density at radius 2 is 2.00 bits per heavy atom. The van der Waals surface area contributed by atoms with Crippen LogP contribution in [0.5, 0.6) is 0 Å². The van der Waals surface area contributed by atoms with Gasteiger partial charge in [-0.1, -0.05) is 37.3 Å². The summed E-state index contributed by atoms with van der Waals surface area (Å²) < 4.78 is 4.42. The summed E-state index contributed by atoms with van der Waals surface area (Å²) in [5.41, 5.74) is 5.24. The topological polar surface area (TPSA) is 69.5 Å². The Morgan fingerprint density at radius 1 is 1.21 bits per heavy atom. The fraction of sp³-hybridized carbons (Fsp3) is 0.444. The van der Waals surface area contributed by atoms with Crippen LogP contribution in [0.3, 0.4) is 0 Å². The summed E-state index contributed by atoms with van der Waals surface area (Å²) in [5.74, 6) is 0.868. The number of amides is 1. The number of hydrogen-bond acceptors (Lipinski definition) is 5. The van der Waals surface area contributed by atoms with Gasteiger partial charge in [-0.25, -0.2) is 0 Å². The standard InChI is InChI=1S/C27H36N4O2S/c1-4-12-28-17-25(32)22(14-19-9-7-6-8-10-19)29-27(33)21-15-23-26-20(11-13-34-30(23)3)18-31(5-2)24(26)16-21/h6-10,15-16,18,22,25,28,32H,4-5,11-14,17H2,1-3H3,(H,29,33)/t22-,25+/m0/s1. The predicted molar refractivity (Wildman–Crippen MR) is 143 cm³/mol. The van der Waals surface area contributed by atoms with E-state index in [9.17, 15) is 9.90 Å². The van der Waals surface area contributed by atoms with Gasteiger partial charge >= 0.3 is 0 Å². The minimum Gasteiger partial charge on any atom is -0.390 e. The van der Waals surface area contributed by atoms with Crippen molar-refractivity contribution in [3.05, 3.63) is 65.4 Å². The lowest BCUT2D eigenvalue weighted by molar-refractivity contribution is 0.0831. The van der Waals surface area contributed by atoms with E-state index in [4.69, 9.17) is 0 Å². The molecule has 0 spiro atoms. The monoisotopic (exact) mass is 480 g/mol. The molecule has 1 amide bonds. The average molecular weight is 481 g/mol. The third-order valence-corrected chi connectivity index (χ3v) is 7.47. The van der Waals surface area contributed by atoms with Gasteiger partial charge in [0.25, 0.3) is 5.91 Å².